The lowest BCUT2D eigenvalue weighted by Crippen LogP contribution is -1.96. The van der Waals surface area contributed by atoms with Crippen molar-refractivity contribution in [1.82, 2.24) is 10.2 Å². The van der Waals surface area contributed by atoms with Gasteiger partial charge in [0.25, 0.3) is 11.1 Å². The van der Waals surface area contributed by atoms with Gasteiger partial charge in [-0.2, -0.15) is 0 Å². The number of halogens is 1. The van der Waals surface area contributed by atoms with Gasteiger partial charge < -0.3 is 13.9 Å². The van der Waals surface area contributed by atoms with E-state index in [9.17, 15) is 0 Å². The maximum atomic E-state index is 6.08. The second-order valence-corrected chi connectivity index (χ2v) is 7.89. The van der Waals surface area contributed by atoms with Gasteiger partial charge in [-0.05, 0) is 35.4 Å². The van der Waals surface area contributed by atoms with Crippen LogP contribution in [-0.4, -0.2) is 24.4 Å². The van der Waals surface area contributed by atoms with Crippen LogP contribution >= 0.6 is 23.4 Å². The van der Waals surface area contributed by atoms with E-state index in [0.717, 1.165) is 11.1 Å². The SMILES string of the molecule is COc1ccc(-c2nnc(S[C@@H](c3ccccc3)c3ccc(Cl)cc3)o2)c(OC)c1. The molecule has 4 rings (SSSR count). The summed E-state index contributed by atoms with van der Waals surface area (Å²) in [7, 11) is 3.20. The number of ether oxygens (including phenoxy) is 2. The Kier molecular flexibility index (Phi) is 6.26. The van der Waals surface area contributed by atoms with Gasteiger partial charge in [0.05, 0.1) is 25.0 Å². The average molecular weight is 439 g/mol. The molecule has 1 heterocycles. The van der Waals surface area contributed by atoms with E-state index in [1.54, 1.807) is 20.3 Å². The first-order chi connectivity index (χ1) is 14.7. The summed E-state index contributed by atoms with van der Waals surface area (Å²) in [6.45, 7) is 0. The van der Waals surface area contributed by atoms with Crippen molar-refractivity contribution in [1.29, 1.82) is 0 Å². The Bertz CT molecular complexity index is 1120. The topological polar surface area (TPSA) is 57.4 Å². The minimum absolute atomic E-state index is 0.0190. The molecular weight excluding hydrogens is 420 g/mol. The van der Waals surface area contributed by atoms with Crippen molar-refractivity contribution in [3.05, 3.63) is 88.9 Å². The molecule has 1 aromatic heterocycles. The zero-order chi connectivity index (χ0) is 20.9. The Morgan fingerprint density at radius 2 is 1.60 bits per heavy atom. The van der Waals surface area contributed by atoms with Gasteiger partial charge in [0.2, 0.25) is 0 Å². The molecule has 0 unspecified atom stereocenters. The molecule has 0 amide bonds. The molecule has 1 atom stereocenters. The summed E-state index contributed by atoms with van der Waals surface area (Å²) in [5, 5.41) is 9.62. The minimum Gasteiger partial charge on any atom is -0.497 e. The molecule has 0 saturated heterocycles. The predicted molar refractivity (Wildman–Crippen MR) is 118 cm³/mol. The van der Waals surface area contributed by atoms with Gasteiger partial charge in [0.1, 0.15) is 11.5 Å². The first-order valence-corrected chi connectivity index (χ1v) is 10.5. The molecule has 5 nitrogen and oxygen atoms in total. The summed E-state index contributed by atoms with van der Waals surface area (Å²) in [4.78, 5) is 0. The average Bonchev–Trinajstić information content (AvgIpc) is 3.26. The van der Waals surface area contributed by atoms with E-state index in [0.29, 0.717) is 33.2 Å². The van der Waals surface area contributed by atoms with Gasteiger partial charge in [-0.1, -0.05) is 65.8 Å². The molecule has 0 bridgehead atoms. The number of hydrogen-bond acceptors (Lipinski definition) is 6. The smallest absolute Gasteiger partial charge is 0.277 e. The molecule has 0 saturated carbocycles. The van der Waals surface area contributed by atoms with Gasteiger partial charge in [0.15, 0.2) is 0 Å². The first-order valence-electron chi connectivity index (χ1n) is 9.21. The normalized spacial score (nSPS) is 11.8. The lowest BCUT2D eigenvalue weighted by Gasteiger charge is -2.15. The van der Waals surface area contributed by atoms with E-state index in [-0.39, 0.29) is 5.25 Å². The monoisotopic (exact) mass is 438 g/mol. The van der Waals surface area contributed by atoms with E-state index < -0.39 is 0 Å². The van der Waals surface area contributed by atoms with E-state index >= 15 is 0 Å². The highest BCUT2D eigenvalue weighted by Gasteiger charge is 2.21. The highest BCUT2D eigenvalue weighted by atomic mass is 35.5. The molecule has 7 heteroatoms. The summed E-state index contributed by atoms with van der Waals surface area (Å²) < 4.78 is 16.7. The zero-order valence-corrected chi connectivity index (χ0v) is 18.0. The van der Waals surface area contributed by atoms with Crippen LogP contribution in [0.4, 0.5) is 0 Å². The molecular formula is C23H19ClN2O3S. The lowest BCUT2D eigenvalue weighted by molar-refractivity contribution is 0.393. The zero-order valence-electron chi connectivity index (χ0n) is 16.4. The van der Waals surface area contributed by atoms with E-state index in [1.807, 2.05) is 54.6 Å². The van der Waals surface area contributed by atoms with Crippen LogP contribution in [0.2, 0.25) is 5.02 Å². The van der Waals surface area contributed by atoms with Crippen LogP contribution in [0.15, 0.2) is 82.4 Å². The highest BCUT2D eigenvalue weighted by Crippen LogP contribution is 2.41. The summed E-state index contributed by atoms with van der Waals surface area (Å²) in [6, 6.07) is 23.4. The van der Waals surface area contributed by atoms with Gasteiger partial charge in [-0.15, -0.1) is 10.2 Å². The molecule has 0 spiro atoms. The van der Waals surface area contributed by atoms with Crippen molar-refractivity contribution in [3.63, 3.8) is 0 Å². The number of benzene rings is 3. The predicted octanol–water partition coefficient (Wildman–Crippen LogP) is 6.29. The molecule has 0 N–H and O–H groups in total. The van der Waals surface area contributed by atoms with Crippen LogP contribution in [0.3, 0.4) is 0 Å². The van der Waals surface area contributed by atoms with Crippen molar-refractivity contribution in [3.8, 4) is 23.0 Å². The second-order valence-electron chi connectivity index (χ2n) is 6.40. The van der Waals surface area contributed by atoms with Gasteiger partial charge in [-0.3, -0.25) is 0 Å². The number of nitrogens with zero attached hydrogens (tertiary/aromatic N) is 2. The fourth-order valence-corrected chi connectivity index (χ4v) is 4.17. The molecule has 3 aromatic carbocycles. The van der Waals surface area contributed by atoms with Crippen LogP contribution in [0.1, 0.15) is 16.4 Å². The molecule has 0 radical (unpaired) electrons. The van der Waals surface area contributed by atoms with Gasteiger partial charge in [0, 0.05) is 11.1 Å². The largest absolute Gasteiger partial charge is 0.497 e. The van der Waals surface area contributed by atoms with Crippen molar-refractivity contribution < 1.29 is 13.9 Å². The maximum absolute atomic E-state index is 6.08. The van der Waals surface area contributed by atoms with Crippen LogP contribution in [0.25, 0.3) is 11.5 Å². The molecule has 152 valence electrons. The fraction of sp³-hybridized carbons (Fsp3) is 0.130. The van der Waals surface area contributed by atoms with Crippen LogP contribution in [0.5, 0.6) is 11.5 Å². The Labute approximate surface area is 184 Å². The quantitative estimate of drug-likeness (QED) is 0.316. The van der Waals surface area contributed by atoms with Crippen molar-refractivity contribution in [2.75, 3.05) is 14.2 Å². The Morgan fingerprint density at radius 3 is 2.30 bits per heavy atom. The Morgan fingerprint density at radius 1 is 0.867 bits per heavy atom. The maximum Gasteiger partial charge on any atom is 0.277 e. The van der Waals surface area contributed by atoms with Crippen LogP contribution in [-0.2, 0) is 0 Å². The van der Waals surface area contributed by atoms with Crippen molar-refractivity contribution in [2.24, 2.45) is 0 Å². The third kappa shape index (κ3) is 4.45. The summed E-state index contributed by atoms with van der Waals surface area (Å²) in [5.41, 5.74) is 2.93. The summed E-state index contributed by atoms with van der Waals surface area (Å²) in [6.07, 6.45) is 0. The standard InChI is InChI=1S/C23H19ClN2O3S/c1-27-18-12-13-19(20(14-18)28-2)22-25-26-23(29-22)30-21(15-6-4-3-5-7-15)16-8-10-17(24)11-9-16/h3-14,21H,1-2H3/t21-/m0/s1. The molecule has 0 aliphatic carbocycles. The second kappa shape index (κ2) is 9.24. The first kappa shape index (κ1) is 20.3. The van der Waals surface area contributed by atoms with Gasteiger partial charge >= 0.3 is 0 Å². The number of thioether (sulfide) groups is 1. The molecule has 30 heavy (non-hydrogen) atoms. The van der Waals surface area contributed by atoms with E-state index in [1.165, 1.54) is 11.8 Å². The van der Waals surface area contributed by atoms with E-state index in [2.05, 4.69) is 22.3 Å². The Balaban J connectivity index is 1.65. The third-order valence-corrected chi connectivity index (χ3v) is 5.94. The molecule has 4 aromatic rings. The fourth-order valence-electron chi connectivity index (χ4n) is 3.04. The van der Waals surface area contributed by atoms with Crippen LogP contribution in [0, 0.1) is 0 Å². The lowest BCUT2D eigenvalue weighted by atomic mass is 10.0. The number of aromatic nitrogens is 2. The van der Waals surface area contributed by atoms with Crippen LogP contribution < -0.4 is 9.47 Å². The summed E-state index contributed by atoms with van der Waals surface area (Å²) in [5.74, 6) is 1.68. The summed E-state index contributed by atoms with van der Waals surface area (Å²) >= 11 is 7.56. The van der Waals surface area contributed by atoms with E-state index in [4.69, 9.17) is 25.5 Å². The molecule has 0 aliphatic heterocycles. The minimum atomic E-state index is -0.0190. The number of rotatable bonds is 7. The number of methoxy groups -OCH3 is 2. The Hall–Kier alpha value is -2.96. The van der Waals surface area contributed by atoms with Gasteiger partial charge in [-0.25, -0.2) is 0 Å². The van der Waals surface area contributed by atoms with Crippen molar-refractivity contribution >= 4 is 23.4 Å². The molecule has 0 fully saturated rings. The molecule has 0 aliphatic rings. The third-order valence-electron chi connectivity index (χ3n) is 4.54. The highest BCUT2D eigenvalue weighted by molar-refractivity contribution is 7.99. The van der Waals surface area contributed by atoms with Crippen molar-refractivity contribution in [2.45, 2.75) is 10.5 Å². The number of hydrogen-bond donors (Lipinski definition) is 0.